The van der Waals surface area contributed by atoms with Crippen LogP contribution in [-0.2, 0) is 4.79 Å². The largest absolute Gasteiger partial charge is 0.573 e. The standard InChI is InChI=1S/C14H19F3N2O2/c1-12(2,13(3,4)18)11(20)19-9-7-5-6-8-10(9)21-14(15,16)17/h5-8H,18H2,1-4H3,(H,19,20). The summed E-state index contributed by atoms with van der Waals surface area (Å²) in [6, 6.07) is 5.34. The van der Waals surface area contributed by atoms with E-state index in [0.717, 1.165) is 6.07 Å². The van der Waals surface area contributed by atoms with Crippen LogP contribution in [0.4, 0.5) is 18.9 Å². The normalized spacial score (nSPS) is 13.0. The molecule has 0 aliphatic heterocycles. The number of ether oxygens (including phenoxy) is 1. The second-order valence-corrected chi connectivity index (χ2v) is 5.84. The lowest BCUT2D eigenvalue weighted by molar-refractivity contribution is -0.274. The maximum Gasteiger partial charge on any atom is 0.573 e. The van der Waals surface area contributed by atoms with E-state index in [1.54, 1.807) is 27.7 Å². The van der Waals surface area contributed by atoms with Crippen molar-refractivity contribution < 1.29 is 22.7 Å². The molecule has 3 N–H and O–H groups in total. The molecular formula is C14H19F3N2O2. The van der Waals surface area contributed by atoms with Gasteiger partial charge in [-0.3, -0.25) is 4.79 Å². The Morgan fingerprint density at radius 3 is 2.14 bits per heavy atom. The molecule has 0 saturated carbocycles. The summed E-state index contributed by atoms with van der Waals surface area (Å²) in [5.74, 6) is -0.961. The van der Waals surface area contributed by atoms with Crippen molar-refractivity contribution in [2.45, 2.75) is 39.6 Å². The molecule has 0 aromatic heterocycles. The predicted molar refractivity (Wildman–Crippen MR) is 73.8 cm³/mol. The number of rotatable bonds is 4. The van der Waals surface area contributed by atoms with E-state index >= 15 is 0 Å². The van der Waals surface area contributed by atoms with Crippen LogP contribution in [0.25, 0.3) is 0 Å². The second-order valence-electron chi connectivity index (χ2n) is 5.84. The molecule has 118 valence electrons. The Bertz CT molecular complexity index is 520. The highest BCUT2D eigenvalue weighted by atomic mass is 19.4. The van der Waals surface area contributed by atoms with Crippen molar-refractivity contribution in [2.75, 3.05) is 5.32 Å². The smallest absolute Gasteiger partial charge is 0.404 e. The first-order chi connectivity index (χ1) is 9.34. The minimum absolute atomic E-state index is 0.0582. The third kappa shape index (κ3) is 4.35. The Labute approximate surface area is 121 Å². The fourth-order valence-corrected chi connectivity index (χ4v) is 1.35. The number of hydrogen-bond donors (Lipinski definition) is 2. The average molecular weight is 304 g/mol. The van der Waals surface area contributed by atoms with E-state index in [1.165, 1.54) is 18.2 Å². The summed E-state index contributed by atoms with van der Waals surface area (Å²) >= 11 is 0. The monoisotopic (exact) mass is 304 g/mol. The van der Waals surface area contributed by atoms with Crippen LogP contribution >= 0.6 is 0 Å². The van der Waals surface area contributed by atoms with E-state index in [0.29, 0.717) is 0 Å². The van der Waals surface area contributed by atoms with Gasteiger partial charge in [-0.15, -0.1) is 13.2 Å². The molecule has 0 aliphatic rings. The van der Waals surface area contributed by atoms with Gasteiger partial charge in [-0.05, 0) is 39.8 Å². The van der Waals surface area contributed by atoms with Crippen molar-refractivity contribution in [3.8, 4) is 5.75 Å². The molecule has 0 fully saturated rings. The summed E-state index contributed by atoms with van der Waals surface area (Å²) in [6.07, 6.45) is -4.83. The number of anilines is 1. The first-order valence-electron chi connectivity index (χ1n) is 6.30. The van der Waals surface area contributed by atoms with Crippen LogP contribution in [0.15, 0.2) is 24.3 Å². The molecule has 0 aliphatic carbocycles. The number of para-hydroxylation sites is 2. The van der Waals surface area contributed by atoms with Crippen molar-refractivity contribution >= 4 is 11.6 Å². The Kier molecular flexibility index (Phi) is 4.57. The lowest BCUT2D eigenvalue weighted by atomic mass is 9.74. The summed E-state index contributed by atoms with van der Waals surface area (Å²) in [4.78, 5) is 12.3. The van der Waals surface area contributed by atoms with Gasteiger partial charge in [0.2, 0.25) is 5.91 Å². The van der Waals surface area contributed by atoms with Gasteiger partial charge in [0.25, 0.3) is 0 Å². The molecule has 7 heteroatoms. The van der Waals surface area contributed by atoms with Gasteiger partial charge in [-0.2, -0.15) is 0 Å². The summed E-state index contributed by atoms with van der Waals surface area (Å²) in [6.45, 7) is 6.58. The summed E-state index contributed by atoms with van der Waals surface area (Å²) in [5.41, 5.74) is 4.04. The zero-order valence-corrected chi connectivity index (χ0v) is 12.3. The number of benzene rings is 1. The molecule has 0 atom stereocenters. The number of nitrogens with one attached hydrogen (secondary N) is 1. The number of halogens is 3. The quantitative estimate of drug-likeness (QED) is 0.897. The van der Waals surface area contributed by atoms with Crippen molar-refractivity contribution in [1.82, 2.24) is 0 Å². The number of alkyl halides is 3. The van der Waals surface area contributed by atoms with Crippen LogP contribution in [-0.4, -0.2) is 17.8 Å². The zero-order valence-electron chi connectivity index (χ0n) is 12.3. The minimum Gasteiger partial charge on any atom is -0.404 e. The van der Waals surface area contributed by atoms with Crippen molar-refractivity contribution in [2.24, 2.45) is 11.1 Å². The third-order valence-corrected chi connectivity index (χ3v) is 3.54. The molecule has 0 spiro atoms. The number of carbonyl (C=O) groups is 1. The van der Waals surface area contributed by atoms with Crippen LogP contribution in [0.3, 0.4) is 0 Å². The molecule has 1 amide bonds. The van der Waals surface area contributed by atoms with Gasteiger partial charge < -0.3 is 15.8 Å². The van der Waals surface area contributed by atoms with Gasteiger partial charge in [-0.25, -0.2) is 0 Å². The van der Waals surface area contributed by atoms with Gasteiger partial charge >= 0.3 is 6.36 Å². The van der Waals surface area contributed by atoms with Crippen molar-refractivity contribution in [1.29, 1.82) is 0 Å². The Hall–Kier alpha value is -1.76. The lowest BCUT2D eigenvalue weighted by Crippen LogP contribution is -2.53. The van der Waals surface area contributed by atoms with Crippen LogP contribution in [0, 0.1) is 5.41 Å². The Balaban J connectivity index is 3.02. The van der Waals surface area contributed by atoms with Crippen LogP contribution in [0.1, 0.15) is 27.7 Å². The van der Waals surface area contributed by atoms with Gasteiger partial charge in [0.15, 0.2) is 5.75 Å². The molecule has 1 aromatic carbocycles. The highest BCUT2D eigenvalue weighted by molar-refractivity contribution is 5.96. The van der Waals surface area contributed by atoms with E-state index in [2.05, 4.69) is 10.1 Å². The molecule has 0 bridgehead atoms. The van der Waals surface area contributed by atoms with E-state index in [-0.39, 0.29) is 5.69 Å². The average Bonchev–Trinajstić information content (AvgIpc) is 2.28. The molecule has 21 heavy (non-hydrogen) atoms. The summed E-state index contributed by atoms with van der Waals surface area (Å²) < 4.78 is 40.9. The number of carbonyl (C=O) groups excluding carboxylic acids is 1. The van der Waals surface area contributed by atoms with Gasteiger partial charge in [0.1, 0.15) is 0 Å². The predicted octanol–water partition coefficient (Wildman–Crippen LogP) is 3.29. The highest BCUT2D eigenvalue weighted by Gasteiger charge is 2.41. The topological polar surface area (TPSA) is 64.4 Å². The van der Waals surface area contributed by atoms with Gasteiger partial charge in [-0.1, -0.05) is 12.1 Å². The molecule has 1 rings (SSSR count). The fraction of sp³-hybridized carbons (Fsp3) is 0.500. The van der Waals surface area contributed by atoms with Crippen LogP contribution in [0.5, 0.6) is 5.75 Å². The molecule has 0 heterocycles. The molecule has 0 saturated heterocycles. The zero-order chi connectivity index (χ0) is 16.5. The molecular weight excluding hydrogens is 285 g/mol. The van der Waals surface area contributed by atoms with Crippen molar-refractivity contribution in [3.05, 3.63) is 24.3 Å². The first-order valence-corrected chi connectivity index (χ1v) is 6.30. The molecule has 1 aromatic rings. The highest BCUT2D eigenvalue weighted by Crippen LogP contribution is 2.34. The SMILES string of the molecule is CC(C)(N)C(C)(C)C(=O)Nc1ccccc1OC(F)(F)F. The van der Waals surface area contributed by atoms with Crippen LogP contribution < -0.4 is 15.8 Å². The maximum atomic E-state index is 12.3. The number of hydrogen-bond acceptors (Lipinski definition) is 3. The summed E-state index contributed by atoms with van der Waals surface area (Å²) in [5, 5.41) is 2.44. The maximum absolute atomic E-state index is 12.3. The minimum atomic E-state index is -4.83. The fourth-order valence-electron chi connectivity index (χ4n) is 1.35. The molecule has 0 unspecified atom stereocenters. The Morgan fingerprint density at radius 2 is 1.67 bits per heavy atom. The second kappa shape index (κ2) is 5.55. The van der Waals surface area contributed by atoms with Gasteiger partial charge in [0.05, 0.1) is 11.1 Å². The van der Waals surface area contributed by atoms with E-state index in [1.807, 2.05) is 0 Å². The van der Waals surface area contributed by atoms with E-state index in [4.69, 9.17) is 5.73 Å². The van der Waals surface area contributed by atoms with Gasteiger partial charge in [0, 0.05) is 5.54 Å². The third-order valence-electron chi connectivity index (χ3n) is 3.54. The van der Waals surface area contributed by atoms with Crippen LogP contribution in [0.2, 0.25) is 0 Å². The van der Waals surface area contributed by atoms with E-state index < -0.39 is 29.0 Å². The lowest BCUT2D eigenvalue weighted by Gasteiger charge is -2.37. The van der Waals surface area contributed by atoms with Crippen molar-refractivity contribution in [3.63, 3.8) is 0 Å². The Morgan fingerprint density at radius 1 is 1.14 bits per heavy atom. The number of amides is 1. The molecule has 0 radical (unpaired) electrons. The summed E-state index contributed by atoms with van der Waals surface area (Å²) in [7, 11) is 0. The first kappa shape index (κ1) is 17.3. The number of nitrogens with two attached hydrogens (primary N) is 1. The van der Waals surface area contributed by atoms with E-state index in [9.17, 15) is 18.0 Å². The molecule has 4 nitrogen and oxygen atoms in total.